The zero-order valence-electron chi connectivity index (χ0n) is 11.5. The quantitative estimate of drug-likeness (QED) is 0.702. The normalized spacial score (nSPS) is 25.1. The van der Waals surface area contributed by atoms with E-state index in [0.29, 0.717) is 11.1 Å². The van der Waals surface area contributed by atoms with E-state index in [1.54, 1.807) is 0 Å². The number of allylic oxidation sites excluding steroid dienone is 2. The van der Waals surface area contributed by atoms with Crippen LogP contribution in [0.5, 0.6) is 0 Å². The summed E-state index contributed by atoms with van der Waals surface area (Å²) in [6, 6.07) is 0. The number of hydrogen-bond acceptors (Lipinski definition) is 5. The first kappa shape index (κ1) is 13.4. The minimum atomic E-state index is -0.484. The van der Waals surface area contributed by atoms with Gasteiger partial charge in [-0.2, -0.15) is 0 Å². The van der Waals surface area contributed by atoms with E-state index in [9.17, 15) is 9.59 Å². The maximum absolute atomic E-state index is 12.0. The molecule has 0 amide bonds. The largest absolute Gasteiger partial charge is 0.466 e. The van der Waals surface area contributed by atoms with Crippen LogP contribution in [0.3, 0.4) is 0 Å². The number of carbonyl (C=O) groups is 2. The second-order valence-electron chi connectivity index (χ2n) is 4.62. The highest BCUT2D eigenvalue weighted by Gasteiger charge is 2.39. The minimum absolute atomic E-state index is 0.185. The zero-order chi connectivity index (χ0) is 14.2. The lowest BCUT2D eigenvalue weighted by Gasteiger charge is -2.28. The third kappa shape index (κ3) is 2.05. The number of esters is 2. The van der Waals surface area contributed by atoms with Crippen molar-refractivity contribution < 1.29 is 19.1 Å². The third-order valence-electron chi connectivity index (χ3n) is 3.52. The van der Waals surface area contributed by atoms with Crippen LogP contribution in [-0.2, 0) is 19.1 Å². The maximum Gasteiger partial charge on any atom is 0.335 e. The molecule has 0 aromatic carbocycles. The van der Waals surface area contributed by atoms with Crippen molar-refractivity contribution in [3.8, 4) is 0 Å². The molecule has 1 heterocycles. The highest BCUT2D eigenvalue weighted by Crippen LogP contribution is 2.40. The highest BCUT2D eigenvalue weighted by atomic mass is 16.5. The zero-order valence-corrected chi connectivity index (χ0v) is 11.5. The van der Waals surface area contributed by atoms with Gasteiger partial charge in [-0.1, -0.05) is 19.1 Å². The highest BCUT2D eigenvalue weighted by molar-refractivity contribution is 6.02. The molecule has 0 bridgehead atoms. The van der Waals surface area contributed by atoms with E-state index in [4.69, 9.17) is 9.47 Å². The summed E-state index contributed by atoms with van der Waals surface area (Å²) in [7, 11) is 4.54. The molecule has 0 radical (unpaired) electrons. The van der Waals surface area contributed by atoms with Crippen LogP contribution >= 0.6 is 0 Å². The van der Waals surface area contributed by atoms with E-state index >= 15 is 0 Å². The molecule has 5 heteroatoms. The number of carbonyl (C=O) groups excluding carboxylic acids is 2. The predicted octanol–water partition coefficient (Wildman–Crippen LogP) is 1.24. The molecule has 2 rings (SSSR count). The molecule has 19 heavy (non-hydrogen) atoms. The van der Waals surface area contributed by atoms with Gasteiger partial charge in [0.2, 0.25) is 0 Å². The molecule has 2 unspecified atom stereocenters. The first-order chi connectivity index (χ1) is 9.01. The molecule has 0 N–H and O–H groups in total. The molecule has 1 aliphatic carbocycles. The molecule has 2 aliphatic rings. The fourth-order valence-electron chi connectivity index (χ4n) is 2.59. The van der Waals surface area contributed by atoms with Crippen LogP contribution in [0.15, 0.2) is 35.2 Å². The van der Waals surface area contributed by atoms with Crippen molar-refractivity contribution in [1.29, 1.82) is 0 Å². The maximum atomic E-state index is 12.0. The van der Waals surface area contributed by atoms with E-state index in [-0.39, 0.29) is 11.8 Å². The average Bonchev–Trinajstić information content (AvgIpc) is 2.77. The number of nitrogens with zero attached hydrogens (tertiary/aromatic N) is 1. The van der Waals surface area contributed by atoms with Crippen LogP contribution in [0.4, 0.5) is 0 Å². The molecule has 102 valence electrons. The van der Waals surface area contributed by atoms with Gasteiger partial charge in [0.15, 0.2) is 0 Å². The van der Waals surface area contributed by atoms with Crippen LogP contribution < -0.4 is 0 Å². The van der Waals surface area contributed by atoms with Gasteiger partial charge in [0, 0.05) is 24.9 Å². The summed E-state index contributed by atoms with van der Waals surface area (Å²) in [5.74, 6) is -1.38. The predicted molar refractivity (Wildman–Crippen MR) is 68.7 cm³/mol. The summed E-state index contributed by atoms with van der Waals surface area (Å²) in [5, 5.41) is 0. The molecular weight excluding hydrogens is 246 g/mol. The van der Waals surface area contributed by atoms with Gasteiger partial charge in [0.1, 0.15) is 0 Å². The lowest BCUT2D eigenvalue weighted by atomic mass is 9.81. The van der Waals surface area contributed by atoms with E-state index in [0.717, 1.165) is 5.70 Å². The van der Waals surface area contributed by atoms with Crippen LogP contribution in [0.1, 0.15) is 6.92 Å². The molecule has 5 nitrogen and oxygen atoms in total. The summed E-state index contributed by atoms with van der Waals surface area (Å²) in [6.45, 7) is 1.87. The van der Waals surface area contributed by atoms with Gasteiger partial charge in [-0.3, -0.25) is 0 Å². The van der Waals surface area contributed by atoms with Crippen LogP contribution in [0, 0.1) is 11.8 Å². The van der Waals surface area contributed by atoms with Gasteiger partial charge >= 0.3 is 11.9 Å². The average molecular weight is 263 g/mol. The Kier molecular flexibility index (Phi) is 3.46. The van der Waals surface area contributed by atoms with E-state index in [1.807, 2.05) is 37.2 Å². The molecule has 0 saturated carbocycles. The number of rotatable bonds is 2. The molecule has 0 fully saturated rings. The van der Waals surface area contributed by atoms with Gasteiger partial charge in [0.25, 0.3) is 0 Å². The summed E-state index contributed by atoms with van der Waals surface area (Å²) in [5.41, 5.74) is 1.74. The number of hydrogen-bond donors (Lipinski definition) is 0. The monoisotopic (exact) mass is 263 g/mol. The van der Waals surface area contributed by atoms with Crippen molar-refractivity contribution in [3.05, 3.63) is 35.2 Å². The molecule has 0 aromatic rings. The van der Waals surface area contributed by atoms with Crippen molar-refractivity contribution in [2.45, 2.75) is 6.92 Å². The van der Waals surface area contributed by atoms with Gasteiger partial charge in [-0.15, -0.1) is 0 Å². The Morgan fingerprint density at radius 1 is 1.16 bits per heavy atom. The van der Waals surface area contributed by atoms with Crippen molar-refractivity contribution >= 4 is 11.9 Å². The second-order valence-corrected chi connectivity index (χ2v) is 4.62. The van der Waals surface area contributed by atoms with Crippen molar-refractivity contribution in [2.75, 3.05) is 21.3 Å². The Morgan fingerprint density at radius 3 is 2.32 bits per heavy atom. The Bertz CT molecular complexity index is 516. The minimum Gasteiger partial charge on any atom is -0.466 e. The Balaban J connectivity index is 2.56. The summed E-state index contributed by atoms with van der Waals surface area (Å²) < 4.78 is 9.61. The topological polar surface area (TPSA) is 55.8 Å². The SMILES string of the molecule is COC(=O)C1=C(C(=O)OC)C2C=CN(C)C2=CC1C. The summed E-state index contributed by atoms with van der Waals surface area (Å²) in [6.07, 6.45) is 5.74. The van der Waals surface area contributed by atoms with Gasteiger partial charge in [0.05, 0.1) is 31.3 Å². The van der Waals surface area contributed by atoms with Gasteiger partial charge in [-0.05, 0) is 0 Å². The molecule has 0 saturated heterocycles. The first-order valence-electron chi connectivity index (χ1n) is 6.04. The number of ether oxygens (including phenoxy) is 2. The Labute approximate surface area is 112 Å². The number of fused-ring (bicyclic) bond motifs is 1. The fourth-order valence-corrected chi connectivity index (χ4v) is 2.59. The van der Waals surface area contributed by atoms with Crippen LogP contribution in [0.25, 0.3) is 0 Å². The van der Waals surface area contributed by atoms with Crippen LogP contribution in [-0.4, -0.2) is 38.1 Å². The van der Waals surface area contributed by atoms with Crippen molar-refractivity contribution in [2.24, 2.45) is 11.8 Å². The van der Waals surface area contributed by atoms with Crippen LogP contribution in [0.2, 0.25) is 0 Å². The molecule has 1 aliphatic heterocycles. The second kappa shape index (κ2) is 4.91. The fraction of sp³-hybridized carbons (Fsp3) is 0.429. The van der Waals surface area contributed by atoms with Crippen molar-refractivity contribution in [1.82, 2.24) is 4.90 Å². The van der Waals surface area contributed by atoms with E-state index in [2.05, 4.69) is 0 Å². The van der Waals surface area contributed by atoms with E-state index < -0.39 is 11.9 Å². The molecule has 0 aromatic heterocycles. The summed E-state index contributed by atoms with van der Waals surface area (Å²) in [4.78, 5) is 25.9. The Hall–Kier alpha value is -2.04. The first-order valence-corrected chi connectivity index (χ1v) is 6.04. The molecular formula is C14H17NO4. The van der Waals surface area contributed by atoms with Gasteiger partial charge in [-0.25, -0.2) is 9.59 Å². The standard InChI is InChI=1S/C14H17NO4/c1-8-7-10-9(5-6-15(10)2)12(14(17)19-4)11(8)13(16)18-3/h5-9H,1-4H3. The summed E-state index contributed by atoms with van der Waals surface area (Å²) >= 11 is 0. The van der Waals surface area contributed by atoms with Gasteiger partial charge < -0.3 is 14.4 Å². The lowest BCUT2D eigenvalue weighted by molar-refractivity contribution is -0.140. The Morgan fingerprint density at radius 2 is 1.74 bits per heavy atom. The smallest absolute Gasteiger partial charge is 0.335 e. The molecule has 2 atom stereocenters. The third-order valence-corrected chi connectivity index (χ3v) is 3.52. The van der Waals surface area contributed by atoms with Crippen molar-refractivity contribution in [3.63, 3.8) is 0 Å². The van der Waals surface area contributed by atoms with E-state index in [1.165, 1.54) is 14.2 Å². The number of methoxy groups -OCH3 is 2. The lowest BCUT2D eigenvalue weighted by Crippen LogP contribution is -2.29. The molecule has 0 spiro atoms.